The van der Waals surface area contributed by atoms with Crippen LogP contribution in [0.2, 0.25) is 0 Å². The van der Waals surface area contributed by atoms with Gasteiger partial charge in [0, 0.05) is 19.0 Å². The predicted octanol–water partition coefficient (Wildman–Crippen LogP) is 2.16. The molecule has 0 aromatic heterocycles. The van der Waals surface area contributed by atoms with Crippen molar-refractivity contribution in [3.8, 4) is 11.5 Å². The van der Waals surface area contributed by atoms with E-state index < -0.39 is 0 Å². The lowest BCUT2D eigenvalue weighted by Crippen LogP contribution is -2.20. The smallest absolute Gasteiger partial charge is 0.244 e. The van der Waals surface area contributed by atoms with E-state index in [0.717, 1.165) is 23.5 Å². The number of benzene rings is 1. The van der Waals surface area contributed by atoms with Crippen molar-refractivity contribution in [3.63, 3.8) is 0 Å². The Kier molecular flexibility index (Phi) is 4.61. The summed E-state index contributed by atoms with van der Waals surface area (Å²) in [7, 11) is 0. The molecule has 0 saturated carbocycles. The number of amides is 1. The first-order chi connectivity index (χ1) is 9.29. The molecule has 1 aromatic carbocycles. The van der Waals surface area contributed by atoms with Crippen molar-refractivity contribution >= 4 is 12.0 Å². The van der Waals surface area contributed by atoms with Crippen molar-refractivity contribution in [3.05, 3.63) is 42.5 Å². The van der Waals surface area contributed by atoms with Crippen LogP contribution in [0, 0.1) is 0 Å². The van der Waals surface area contributed by atoms with Crippen LogP contribution in [-0.2, 0) is 4.79 Å². The molecule has 0 atom stereocenters. The Morgan fingerprint density at radius 1 is 1.32 bits per heavy atom. The second-order valence-corrected chi connectivity index (χ2v) is 4.12. The second-order valence-electron chi connectivity index (χ2n) is 4.12. The largest absolute Gasteiger partial charge is 0.490 e. The van der Waals surface area contributed by atoms with Gasteiger partial charge >= 0.3 is 0 Å². The Bertz CT molecular complexity index is 494. The maximum absolute atomic E-state index is 11.4. The van der Waals surface area contributed by atoms with Crippen LogP contribution in [0.1, 0.15) is 12.0 Å². The Hall–Kier alpha value is -2.23. The molecule has 100 valence electrons. The molecule has 19 heavy (non-hydrogen) atoms. The summed E-state index contributed by atoms with van der Waals surface area (Å²) >= 11 is 0. The summed E-state index contributed by atoms with van der Waals surface area (Å²) in [6.07, 6.45) is 5.75. The Morgan fingerprint density at radius 3 is 2.89 bits per heavy atom. The number of carbonyl (C=O) groups excluding carboxylic acids is 1. The standard InChI is InChI=1S/C15H17NO3/c1-2-8-16-15(17)7-5-12-4-6-13-14(11-12)19-10-3-9-18-13/h2,4-7,11H,1,3,8-10H2,(H,16,17)/b7-5+. The number of hydrogen-bond acceptors (Lipinski definition) is 3. The summed E-state index contributed by atoms with van der Waals surface area (Å²) in [6.45, 7) is 5.33. The van der Waals surface area contributed by atoms with Gasteiger partial charge in [-0.25, -0.2) is 0 Å². The summed E-state index contributed by atoms with van der Waals surface area (Å²) < 4.78 is 11.1. The molecule has 0 aliphatic carbocycles. The fourth-order valence-corrected chi connectivity index (χ4v) is 1.69. The van der Waals surface area contributed by atoms with E-state index in [1.54, 1.807) is 12.2 Å². The van der Waals surface area contributed by atoms with E-state index >= 15 is 0 Å². The van der Waals surface area contributed by atoms with Gasteiger partial charge in [-0.15, -0.1) is 6.58 Å². The molecule has 0 radical (unpaired) electrons. The molecule has 1 aliphatic heterocycles. The highest BCUT2D eigenvalue weighted by molar-refractivity contribution is 5.91. The number of ether oxygens (including phenoxy) is 2. The van der Waals surface area contributed by atoms with Crippen LogP contribution in [0.4, 0.5) is 0 Å². The lowest BCUT2D eigenvalue weighted by molar-refractivity contribution is -0.116. The normalized spacial score (nSPS) is 13.9. The van der Waals surface area contributed by atoms with Crippen molar-refractivity contribution < 1.29 is 14.3 Å². The van der Waals surface area contributed by atoms with E-state index in [9.17, 15) is 4.79 Å². The Labute approximate surface area is 112 Å². The third-order valence-corrected chi connectivity index (χ3v) is 2.62. The molecule has 1 aliphatic rings. The molecule has 0 fully saturated rings. The molecule has 2 rings (SSSR count). The average molecular weight is 259 g/mol. The van der Waals surface area contributed by atoms with Gasteiger partial charge in [0.1, 0.15) is 0 Å². The Morgan fingerprint density at radius 2 is 2.11 bits per heavy atom. The fraction of sp³-hybridized carbons (Fsp3) is 0.267. The average Bonchev–Trinajstić information content (AvgIpc) is 2.67. The molecule has 0 saturated heterocycles. The van der Waals surface area contributed by atoms with Gasteiger partial charge in [-0.3, -0.25) is 4.79 Å². The van der Waals surface area contributed by atoms with Crippen molar-refractivity contribution in [1.29, 1.82) is 0 Å². The van der Waals surface area contributed by atoms with Crippen LogP contribution in [0.25, 0.3) is 6.08 Å². The van der Waals surface area contributed by atoms with E-state index in [-0.39, 0.29) is 5.91 Å². The number of hydrogen-bond donors (Lipinski definition) is 1. The number of fused-ring (bicyclic) bond motifs is 1. The minimum atomic E-state index is -0.146. The summed E-state index contributed by atoms with van der Waals surface area (Å²) in [5.74, 6) is 1.34. The van der Waals surface area contributed by atoms with Crippen LogP contribution in [0.5, 0.6) is 11.5 Å². The lowest BCUT2D eigenvalue weighted by atomic mass is 10.2. The van der Waals surface area contributed by atoms with E-state index in [2.05, 4.69) is 11.9 Å². The van der Waals surface area contributed by atoms with E-state index in [4.69, 9.17) is 9.47 Å². The van der Waals surface area contributed by atoms with Crippen LogP contribution in [-0.4, -0.2) is 25.7 Å². The quantitative estimate of drug-likeness (QED) is 0.666. The van der Waals surface area contributed by atoms with Gasteiger partial charge < -0.3 is 14.8 Å². The molecule has 1 heterocycles. The van der Waals surface area contributed by atoms with Crippen molar-refractivity contribution in [1.82, 2.24) is 5.32 Å². The minimum Gasteiger partial charge on any atom is -0.490 e. The van der Waals surface area contributed by atoms with Crippen molar-refractivity contribution in [2.45, 2.75) is 6.42 Å². The van der Waals surface area contributed by atoms with Gasteiger partial charge in [-0.05, 0) is 23.8 Å². The third kappa shape index (κ3) is 3.88. The van der Waals surface area contributed by atoms with E-state index in [1.807, 2.05) is 18.2 Å². The number of rotatable bonds is 4. The summed E-state index contributed by atoms with van der Waals surface area (Å²) in [4.78, 5) is 11.4. The van der Waals surface area contributed by atoms with Gasteiger partial charge in [-0.1, -0.05) is 12.1 Å². The van der Waals surface area contributed by atoms with Crippen LogP contribution in [0.15, 0.2) is 36.9 Å². The van der Waals surface area contributed by atoms with Gasteiger partial charge in [0.25, 0.3) is 0 Å². The van der Waals surface area contributed by atoms with E-state index in [0.29, 0.717) is 19.8 Å². The second kappa shape index (κ2) is 6.64. The monoisotopic (exact) mass is 259 g/mol. The van der Waals surface area contributed by atoms with Gasteiger partial charge in [0.2, 0.25) is 5.91 Å². The molecule has 4 nitrogen and oxygen atoms in total. The topological polar surface area (TPSA) is 47.6 Å². The maximum Gasteiger partial charge on any atom is 0.244 e. The molecule has 0 unspecified atom stereocenters. The SMILES string of the molecule is C=CCNC(=O)/C=C/c1ccc2c(c1)OCCCO2. The summed E-state index contributed by atoms with van der Waals surface area (Å²) in [6, 6.07) is 5.63. The highest BCUT2D eigenvalue weighted by Gasteiger charge is 2.09. The molecule has 1 N–H and O–H groups in total. The van der Waals surface area contributed by atoms with Gasteiger partial charge in [-0.2, -0.15) is 0 Å². The maximum atomic E-state index is 11.4. The highest BCUT2D eigenvalue weighted by atomic mass is 16.5. The summed E-state index contributed by atoms with van der Waals surface area (Å²) in [5.41, 5.74) is 0.901. The first-order valence-corrected chi connectivity index (χ1v) is 6.26. The highest BCUT2D eigenvalue weighted by Crippen LogP contribution is 2.30. The molecule has 1 amide bonds. The minimum absolute atomic E-state index is 0.146. The number of nitrogens with one attached hydrogen (secondary N) is 1. The van der Waals surface area contributed by atoms with Crippen molar-refractivity contribution in [2.75, 3.05) is 19.8 Å². The zero-order valence-corrected chi connectivity index (χ0v) is 10.7. The molecule has 0 bridgehead atoms. The first-order valence-electron chi connectivity index (χ1n) is 6.26. The fourth-order valence-electron chi connectivity index (χ4n) is 1.69. The number of carbonyl (C=O) groups is 1. The predicted molar refractivity (Wildman–Crippen MR) is 74.3 cm³/mol. The lowest BCUT2D eigenvalue weighted by Gasteiger charge is -2.07. The third-order valence-electron chi connectivity index (χ3n) is 2.62. The Balaban J connectivity index is 2.05. The zero-order valence-electron chi connectivity index (χ0n) is 10.7. The molecule has 1 aromatic rings. The van der Waals surface area contributed by atoms with Crippen molar-refractivity contribution in [2.24, 2.45) is 0 Å². The van der Waals surface area contributed by atoms with Crippen LogP contribution >= 0.6 is 0 Å². The van der Waals surface area contributed by atoms with Crippen LogP contribution < -0.4 is 14.8 Å². The molecular formula is C15H17NO3. The van der Waals surface area contributed by atoms with Gasteiger partial charge in [0.15, 0.2) is 11.5 Å². The molecule has 4 heteroatoms. The van der Waals surface area contributed by atoms with Crippen LogP contribution in [0.3, 0.4) is 0 Å². The summed E-state index contributed by atoms with van der Waals surface area (Å²) in [5, 5.41) is 2.68. The van der Waals surface area contributed by atoms with E-state index in [1.165, 1.54) is 6.08 Å². The molecular weight excluding hydrogens is 242 g/mol. The van der Waals surface area contributed by atoms with Gasteiger partial charge in [0.05, 0.1) is 13.2 Å². The first kappa shape index (κ1) is 13.2. The zero-order chi connectivity index (χ0) is 13.5. The molecule has 0 spiro atoms.